The Morgan fingerprint density at radius 1 is 1.39 bits per heavy atom. The van der Waals surface area contributed by atoms with E-state index in [1.54, 1.807) is 0 Å². The average Bonchev–Trinajstić information content (AvgIpc) is 2.27. The molecule has 2 atom stereocenters. The van der Waals surface area contributed by atoms with E-state index in [1.165, 1.54) is 11.3 Å². The maximum absolute atomic E-state index is 12.0. The molecule has 1 aliphatic rings. The average molecular weight is 256 g/mol. The number of carbonyl (C=O) groups excluding carboxylic acids is 1. The first-order valence-corrected chi connectivity index (χ1v) is 6.80. The third-order valence-corrected chi connectivity index (χ3v) is 3.37. The van der Waals surface area contributed by atoms with Gasteiger partial charge in [0.05, 0.1) is 0 Å². The Morgan fingerprint density at radius 3 is 2.67 bits per heavy atom. The quantitative estimate of drug-likeness (QED) is 0.791. The number of carbonyl (C=O) groups is 2. The first-order valence-electron chi connectivity index (χ1n) is 6.80. The second-order valence-electron chi connectivity index (χ2n) is 5.23. The summed E-state index contributed by atoms with van der Waals surface area (Å²) in [7, 11) is 0. The summed E-state index contributed by atoms with van der Waals surface area (Å²) >= 11 is 0. The Morgan fingerprint density at radius 2 is 2.11 bits per heavy atom. The summed E-state index contributed by atoms with van der Waals surface area (Å²) in [6.07, 6.45) is 5.13. The normalized spacial score (nSPS) is 23.4. The van der Waals surface area contributed by atoms with Crippen LogP contribution in [0, 0.1) is 5.92 Å². The van der Waals surface area contributed by atoms with Crippen molar-refractivity contribution in [3.63, 3.8) is 0 Å². The Kier molecular flexibility index (Phi) is 5.95. The number of urea groups is 1. The molecule has 1 saturated carbocycles. The molecular formula is C13H24N2O3. The highest BCUT2D eigenvalue weighted by Gasteiger charge is 2.23. The van der Waals surface area contributed by atoms with Gasteiger partial charge in [-0.05, 0) is 25.2 Å². The van der Waals surface area contributed by atoms with Crippen LogP contribution in [0.15, 0.2) is 0 Å². The number of hydrogen-bond acceptors (Lipinski definition) is 2. The van der Waals surface area contributed by atoms with Crippen molar-refractivity contribution in [2.45, 2.75) is 52.0 Å². The molecule has 1 aliphatic carbocycles. The maximum atomic E-state index is 12.0. The second-order valence-corrected chi connectivity index (χ2v) is 5.23. The van der Waals surface area contributed by atoms with Crippen LogP contribution in [-0.4, -0.2) is 41.1 Å². The van der Waals surface area contributed by atoms with Crippen molar-refractivity contribution in [1.29, 1.82) is 0 Å². The van der Waals surface area contributed by atoms with Gasteiger partial charge in [0.15, 0.2) is 0 Å². The molecule has 5 nitrogen and oxygen atoms in total. The molecule has 18 heavy (non-hydrogen) atoms. The van der Waals surface area contributed by atoms with Crippen molar-refractivity contribution in [3.8, 4) is 0 Å². The molecule has 1 fully saturated rings. The Labute approximate surface area is 109 Å². The van der Waals surface area contributed by atoms with E-state index in [1.807, 2.05) is 6.92 Å². The predicted octanol–water partition coefficient (Wildman–Crippen LogP) is 2.07. The third-order valence-electron chi connectivity index (χ3n) is 3.37. The monoisotopic (exact) mass is 256 g/mol. The number of nitrogens with one attached hydrogen (secondary N) is 1. The molecule has 1 rings (SSSR count). The first kappa shape index (κ1) is 14.8. The zero-order valence-electron chi connectivity index (χ0n) is 11.3. The van der Waals surface area contributed by atoms with Crippen molar-refractivity contribution in [2.24, 2.45) is 5.92 Å². The van der Waals surface area contributed by atoms with Crippen LogP contribution in [0.4, 0.5) is 4.79 Å². The van der Waals surface area contributed by atoms with Crippen molar-refractivity contribution in [3.05, 3.63) is 0 Å². The first-order chi connectivity index (χ1) is 8.52. The Hall–Kier alpha value is -1.26. The van der Waals surface area contributed by atoms with Gasteiger partial charge in [-0.25, -0.2) is 4.79 Å². The second kappa shape index (κ2) is 7.24. The Bertz CT molecular complexity index is 294. The molecule has 0 aromatic heterocycles. The van der Waals surface area contributed by atoms with Gasteiger partial charge in [-0.3, -0.25) is 4.79 Å². The summed E-state index contributed by atoms with van der Waals surface area (Å²) in [6, 6.07) is -0.0345. The van der Waals surface area contributed by atoms with Crippen LogP contribution in [0.2, 0.25) is 0 Å². The Balaban J connectivity index is 2.46. The molecule has 0 saturated heterocycles. The number of carboxylic acids is 1. The van der Waals surface area contributed by atoms with E-state index in [4.69, 9.17) is 5.11 Å². The fraction of sp³-hybridized carbons (Fsp3) is 0.846. The third kappa shape index (κ3) is 4.94. The van der Waals surface area contributed by atoms with E-state index >= 15 is 0 Å². The number of amides is 2. The van der Waals surface area contributed by atoms with Crippen LogP contribution >= 0.6 is 0 Å². The number of rotatable bonds is 5. The number of nitrogens with zero attached hydrogens (tertiary/aromatic N) is 1. The molecule has 0 aromatic carbocycles. The smallest absolute Gasteiger partial charge is 0.323 e. The molecular weight excluding hydrogens is 232 g/mol. The SMILES string of the molecule is CCCN(CC(=O)O)C(=O)NC1CCCC(C)C1. The van der Waals surface area contributed by atoms with Crippen molar-refractivity contribution in [1.82, 2.24) is 10.2 Å². The van der Waals surface area contributed by atoms with Crippen LogP contribution in [0.3, 0.4) is 0 Å². The van der Waals surface area contributed by atoms with Gasteiger partial charge in [0.1, 0.15) is 6.54 Å². The van der Waals surface area contributed by atoms with E-state index < -0.39 is 5.97 Å². The standard InChI is InChI=1S/C13H24N2O3/c1-3-7-15(9-12(16)17)13(18)14-11-6-4-5-10(2)8-11/h10-11H,3-9H2,1-2H3,(H,14,18)(H,16,17). The predicted molar refractivity (Wildman–Crippen MR) is 69.5 cm³/mol. The van der Waals surface area contributed by atoms with Gasteiger partial charge in [0.2, 0.25) is 0 Å². The summed E-state index contributed by atoms with van der Waals surface area (Å²) in [5, 5.41) is 11.7. The van der Waals surface area contributed by atoms with Crippen LogP contribution in [0.1, 0.15) is 46.0 Å². The van der Waals surface area contributed by atoms with E-state index in [-0.39, 0.29) is 18.6 Å². The number of aliphatic carboxylic acids is 1. The molecule has 5 heteroatoms. The minimum absolute atomic E-state index is 0.203. The van der Waals surface area contributed by atoms with Gasteiger partial charge < -0.3 is 15.3 Å². The van der Waals surface area contributed by atoms with Gasteiger partial charge >= 0.3 is 12.0 Å². The molecule has 0 heterocycles. The minimum atomic E-state index is -0.962. The molecule has 0 aromatic rings. The molecule has 0 bridgehead atoms. The largest absolute Gasteiger partial charge is 0.480 e. The molecule has 2 N–H and O–H groups in total. The molecule has 0 aliphatic heterocycles. The fourth-order valence-corrected chi connectivity index (χ4v) is 2.52. The highest BCUT2D eigenvalue weighted by molar-refractivity contribution is 5.80. The van der Waals surface area contributed by atoms with E-state index in [2.05, 4.69) is 12.2 Å². The van der Waals surface area contributed by atoms with Gasteiger partial charge in [0.25, 0.3) is 0 Å². The minimum Gasteiger partial charge on any atom is -0.480 e. The lowest BCUT2D eigenvalue weighted by Crippen LogP contribution is -2.48. The lowest BCUT2D eigenvalue weighted by Gasteiger charge is -2.30. The van der Waals surface area contributed by atoms with Gasteiger partial charge in [-0.2, -0.15) is 0 Å². The highest BCUT2D eigenvalue weighted by Crippen LogP contribution is 2.23. The van der Waals surface area contributed by atoms with Crippen molar-refractivity contribution in [2.75, 3.05) is 13.1 Å². The van der Waals surface area contributed by atoms with E-state index in [0.29, 0.717) is 12.5 Å². The van der Waals surface area contributed by atoms with Crippen LogP contribution in [0.25, 0.3) is 0 Å². The van der Waals surface area contributed by atoms with E-state index in [0.717, 1.165) is 25.7 Å². The lowest BCUT2D eigenvalue weighted by atomic mass is 9.87. The van der Waals surface area contributed by atoms with Crippen molar-refractivity contribution >= 4 is 12.0 Å². The summed E-state index contributed by atoms with van der Waals surface area (Å²) in [5.74, 6) is -0.321. The van der Waals surface area contributed by atoms with Gasteiger partial charge in [-0.1, -0.05) is 26.7 Å². The topological polar surface area (TPSA) is 69.6 Å². The number of hydrogen-bond donors (Lipinski definition) is 2. The molecule has 104 valence electrons. The molecule has 2 unspecified atom stereocenters. The van der Waals surface area contributed by atoms with Gasteiger partial charge in [0, 0.05) is 12.6 Å². The van der Waals surface area contributed by atoms with Crippen molar-refractivity contribution < 1.29 is 14.7 Å². The van der Waals surface area contributed by atoms with Crippen LogP contribution in [-0.2, 0) is 4.79 Å². The highest BCUT2D eigenvalue weighted by atomic mass is 16.4. The summed E-state index contributed by atoms with van der Waals surface area (Å²) in [5.41, 5.74) is 0. The van der Waals surface area contributed by atoms with Gasteiger partial charge in [-0.15, -0.1) is 0 Å². The van der Waals surface area contributed by atoms with E-state index in [9.17, 15) is 9.59 Å². The summed E-state index contributed by atoms with van der Waals surface area (Å²) < 4.78 is 0. The summed E-state index contributed by atoms with van der Waals surface area (Å²) in [4.78, 5) is 24.1. The number of carboxylic acid groups (broad SMARTS) is 1. The zero-order chi connectivity index (χ0) is 13.5. The molecule has 0 radical (unpaired) electrons. The molecule has 0 spiro atoms. The summed E-state index contributed by atoms with van der Waals surface area (Å²) in [6.45, 7) is 4.40. The fourth-order valence-electron chi connectivity index (χ4n) is 2.52. The maximum Gasteiger partial charge on any atom is 0.323 e. The molecule has 2 amide bonds. The lowest BCUT2D eigenvalue weighted by molar-refractivity contribution is -0.137. The zero-order valence-corrected chi connectivity index (χ0v) is 11.3. The van der Waals surface area contributed by atoms with Crippen LogP contribution < -0.4 is 5.32 Å². The van der Waals surface area contributed by atoms with Crippen LogP contribution in [0.5, 0.6) is 0 Å².